The first-order valence-corrected chi connectivity index (χ1v) is 28.9. The predicted molar refractivity (Wildman–Crippen MR) is 325 cm³/mol. The third-order valence-electron chi connectivity index (χ3n) is 12.9. The van der Waals surface area contributed by atoms with Gasteiger partial charge in [-0.1, -0.05) is 36.4 Å². The van der Waals surface area contributed by atoms with Crippen LogP contribution in [0.25, 0.3) is 44.3 Å². The largest absolute Gasteiger partial charge is 0.494 e. The first-order chi connectivity index (χ1) is 38.4. The number of nitrogens with one attached hydrogen (secondary N) is 2. The van der Waals surface area contributed by atoms with Gasteiger partial charge in [-0.25, -0.2) is 44.7 Å². The molecule has 0 unspecified atom stereocenters. The molecule has 0 radical (unpaired) electrons. The van der Waals surface area contributed by atoms with Crippen LogP contribution in [0.15, 0.2) is 110 Å². The molecule has 4 heterocycles. The zero-order valence-electron chi connectivity index (χ0n) is 48.1. The molecular formula is C56H74N14O9S2. The van der Waals surface area contributed by atoms with Crippen molar-refractivity contribution in [3.63, 3.8) is 0 Å². The van der Waals surface area contributed by atoms with Crippen molar-refractivity contribution in [2.75, 3.05) is 115 Å². The predicted octanol–water partition coefficient (Wildman–Crippen LogP) is 8.36. The molecule has 0 bridgehead atoms. The van der Waals surface area contributed by atoms with Crippen molar-refractivity contribution in [1.82, 2.24) is 37.7 Å². The monoisotopic (exact) mass is 1150 g/mol. The van der Waals surface area contributed by atoms with Gasteiger partial charge in [-0.15, -0.1) is 0 Å². The molecule has 0 aliphatic heterocycles. The molecule has 0 fully saturated rings. The van der Waals surface area contributed by atoms with E-state index in [-0.39, 0.29) is 18.2 Å². The summed E-state index contributed by atoms with van der Waals surface area (Å²) in [4.78, 5) is 37.5. The van der Waals surface area contributed by atoms with Crippen LogP contribution >= 0.6 is 0 Å². The molecule has 0 spiro atoms. The second-order valence-electron chi connectivity index (χ2n) is 19.9. The van der Waals surface area contributed by atoms with Crippen LogP contribution in [0.5, 0.6) is 11.5 Å². The highest BCUT2D eigenvalue weighted by Gasteiger charge is 2.27. The lowest BCUT2D eigenvalue weighted by molar-refractivity contribution is -0.384. The van der Waals surface area contributed by atoms with E-state index in [0.29, 0.717) is 86.8 Å². The number of nitro benzene ring substituents is 1. The number of hydrogen-bond donors (Lipinski definition) is 4. The SMILES string of the molecule is CCO.COc1cc(N(C)CCN(C)C)c(N)cc1Nc1nccc(-c2cn(S(=O)(=O)C(C)C)c3ccccc23)n1.COc1cc(N(C)CCN(C)C)c([N+](=O)[O-])cc1Nc1nccc(-c2cn(S(=O)(=O)C(C)C)c3ccccc23)n1. The van der Waals surface area contributed by atoms with Gasteiger partial charge in [0.2, 0.25) is 31.9 Å². The number of hydrogen-bond acceptors (Lipinski definition) is 20. The first-order valence-electron chi connectivity index (χ1n) is 25.9. The normalized spacial score (nSPS) is 11.6. The van der Waals surface area contributed by atoms with E-state index in [1.165, 1.54) is 27.3 Å². The molecule has 5 N–H and O–H groups in total. The smallest absolute Gasteiger partial charge is 0.294 e. The van der Waals surface area contributed by atoms with Gasteiger partial charge in [-0.3, -0.25) is 10.1 Å². The molecule has 0 saturated heterocycles. The quantitative estimate of drug-likeness (QED) is 0.0299. The summed E-state index contributed by atoms with van der Waals surface area (Å²) in [5, 5.41) is 26.1. The number of nitrogens with two attached hydrogens (primary N) is 1. The van der Waals surface area contributed by atoms with E-state index in [0.717, 1.165) is 29.5 Å². The van der Waals surface area contributed by atoms with Crippen molar-refractivity contribution < 1.29 is 36.3 Å². The molecule has 0 aliphatic carbocycles. The van der Waals surface area contributed by atoms with Gasteiger partial charge in [0.1, 0.15) is 17.2 Å². The number of aliphatic hydroxyl groups is 1. The fraction of sp³-hybridized carbons (Fsp3) is 0.357. The van der Waals surface area contributed by atoms with E-state index in [1.54, 1.807) is 110 Å². The number of ether oxygens (including phenoxy) is 2. The van der Waals surface area contributed by atoms with E-state index >= 15 is 0 Å². The number of methoxy groups -OCH3 is 2. The Hall–Kier alpha value is -8.10. The van der Waals surface area contributed by atoms with Crippen molar-refractivity contribution >= 4 is 87.9 Å². The Morgan fingerprint density at radius 3 is 1.43 bits per heavy atom. The Bertz CT molecular complexity index is 3700. The van der Waals surface area contributed by atoms with E-state index in [4.69, 9.17) is 25.3 Å². The van der Waals surface area contributed by atoms with Crippen LogP contribution in [0.1, 0.15) is 34.6 Å². The van der Waals surface area contributed by atoms with Crippen LogP contribution in [0.2, 0.25) is 0 Å². The number of rotatable bonds is 21. The van der Waals surface area contributed by atoms with Gasteiger partial charge in [-0.2, -0.15) is 0 Å². The zero-order valence-corrected chi connectivity index (χ0v) is 49.7. The van der Waals surface area contributed by atoms with E-state index in [9.17, 15) is 26.9 Å². The molecule has 0 amide bonds. The van der Waals surface area contributed by atoms with Crippen LogP contribution in [-0.4, -0.2) is 164 Å². The van der Waals surface area contributed by atoms with Crippen LogP contribution < -0.4 is 35.6 Å². The van der Waals surface area contributed by atoms with Crippen LogP contribution in [0, 0.1) is 10.1 Å². The van der Waals surface area contributed by atoms with Gasteiger partial charge < -0.3 is 50.5 Å². The van der Waals surface area contributed by atoms with Gasteiger partial charge >= 0.3 is 0 Å². The minimum atomic E-state index is -3.62. The summed E-state index contributed by atoms with van der Waals surface area (Å²) in [6.07, 6.45) is 6.36. The number of fused-ring (bicyclic) bond motifs is 2. The highest BCUT2D eigenvalue weighted by molar-refractivity contribution is 7.91. The fourth-order valence-corrected chi connectivity index (χ4v) is 10.6. The highest BCUT2D eigenvalue weighted by Crippen LogP contribution is 2.41. The summed E-state index contributed by atoms with van der Waals surface area (Å²) in [7, 11) is 7.61. The Balaban J connectivity index is 0.000000249. The lowest BCUT2D eigenvalue weighted by atomic mass is 10.1. The summed E-state index contributed by atoms with van der Waals surface area (Å²) < 4.78 is 66.0. The molecule has 8 aromatic rings. The Morgan fingerprint density at radius 1 is 0.642 bits per heavy atom. The Labute approximate surface area is 474 Å². The molecule has 23 nitrogen and oxygen atoms in total. The van der Waals surface area contributed by atoms with Gasteiger partial charge in [0.15, 0.2) is 0 Å². The van der Waals surface area contributed by atoms with E-state index in [2.05, 4.69) is 35.4 Å². The second-order valence-corrected chi connectivity index (χ2v) is 24.6. The summed E-state index contributed by atoms with van der Waals surface area (Å²) in [6, 6.07) is 24.7. The lowest BCUT2D eigenvalue weighted by Gasteiger charge is -2.24. The third-order valence-corrected chi connectivity index (χ3v) is 17.0. The molecule has 4 aromatic carbocycles. The maximum atomic E-state index is 13.0. The molecule has 81 heavy (non-hydrogen) atoms. The molecule has 25 heteroatoms. The van der Waals surface area contributed by atoms with Crippen molar-refractivity contribution in [3.8, 4) is 34.0 Å². The van der Waals surface area contributed by atoms with Gasteiger partial charge in [0, 0.05) is 112 Å². The second kappa shape index (κ2) is 26.9. The topological polar surface area (TPSA) is 275 Å². The standard InChI is InChI=1S/C27H33N7O5S.C27H35N7O3S.C2H6O/c1-18(2)40(37,38)33-17-20(19-9-7-8-10-23(19)33)21-11-12-28-27(29-21)30-22-15-25(34(35)36)24(16-26(22)39-6)32(5)14-13-31(3)4;1-18(2)38(35,36)34-17-20(19-9-7-8-10-24(19)34)22-11-12-29-27(30-22)31-23-15-21(28)25(16-26(23)37-6)33(5)14-13-32(3)4;1-2-3/h7-12,15-18H,13-14H2,1-6H3,(H,28,29,30);7-12,15-18H,13-14,28H2,1-6H3,(H,29,30,31);3H,2H2,1H3. The minimum absolute atomic E-state index is 0.0947. The summed E-state index contributed by atoms with van der Waals surface area (Å²) in [6.45, 7) is 11.5. The van der Waals surface area contributed by atoms with E-state index < -0.39 is 35.5 Å². The van der Waals surface area contributed by atoms with E-state index in [1.807, 2.05) is 81.4 Å². The zero-order chi connectivity index (χ0) is 59.5. The third kappa shape index (κ3) is 14.5. The van der Waals surface area contributed by atoms with Crippen LogP contribution in [0.4, 0.5) is 46.0 Å². The van der Waals surface area contributed by atoms with Crippen LogP contribution in [0.3, 0.4) is 0 Å². The molecule has 434 valence electrons. The van der Waals surface area contributed by atoms with Crippen LogP contribution in [-0.2, 0) is 20.0 Å². The van der Waals surface area contributed by atoms with Crippen molar-refractivity contribution in [3.05, 3.63) is 120 Å². The molecule has 0 aliphatic rings. The average molecular weight is 1150 g/mol. The van der Waals surface area contributed by atoms with Gasteiger partial charge in [0.05, 0.1) is 74.8 Å². The minimum Gasteiger partial charge on any atom is -0.494 e. The Kier molecular flexibility index (Phi) is 20.6. The number of likely N-dealkylation sites (N-methyl/N-ethyl adjacent to an activating group) is 4. The van der Waals surface area contributed by atoms with Crippen molar-refractivity contribution in [2.45, 2.75) is 45.1 Å². The maximum Gasteiger partial charge on any atom is 0.294 e. The average Bonchev–Trinajstić information content (AvgIpc) is 4.10. The molecule has 0 saturated carbocycles. The number of benzene rings is 4. The van der Waals surface area contributed by atoms with Crippen molar-refractivity contribution in [1.29, 1.82) is 0 Å². The van der Waals surface area contributed by atoms with Gasteiger partial charge in [0.25, 0.3) is 5.69 Å². The fourth-order valence-electron chi connectivity index (χ4n) is 8.36. The number of nitrogens with zero attached hydrogens (tertiary/aromatic N) is 11. The molecular weight excluding hydrogens is 1080 g/mol. The maximum absolute atomic E-state index is 13.0. The molecule has 4 aromatic heterocycles. The summed E-state index contributed by atoms with van der Waals surface area (Å²) in [5.41, 5.74) is 12.7. The number of aliphatic hydroxyl groups excluding tert-OH is 1. The number of nitro groups is 1. The summed E-state index contributed by atoms with van der Waals surface area (Å²) in [5.74, 6) is 1.48. The number of nitrogen functional groups attached to an aromatic ring is 1. The number of para-hydroxylation sites is 2. The van der Waals surface area contributed by atoms with Gasteiger partial charge in [-0.05, 0) is 93.1 Å². The lowest BCUT2D eigenvalue weighted by Crippen LogP contribution is -2.29. The Morgan fingerprint density at radius 2 is 1.04 bits per heavy atom. The number of aromatic nitrogens is 6. The number of anilines is 7. The van der Waals surface area contributed by atoms with Crippen molar-refractivity contribution in [2.24, 2.45) is 0 Å². The summed E-state index contributed by atoms with van der Waals surface area (Å²) >= 11 is 0. The highest BCUT2D eigenvalue weighted by atomic mass is 32.2. The first kappa shape index (κ1) is 62.1. The molecule has 0 atom stereocenters. The molecule has 8 rings (SSSR count).